The molecule has 0 bridgehead atoms. The highest BCUT2D eigenvalue weighted by Crippen LogP contribution is 2.25. The number of carbonyl (C=O) groups excluding carboxylic acids is 1. The standard InChI is InChI=1S/C22H28N4O/c1-15-5-7-17(8-6-15)16(2)22(27)26-11-9-20-19(14-26)13-24-21(25-20)18-4-3-10-23-12-18/h5-8,13,16,18,23H,3-4,9-12,14H2,1-2H3. The molecular weight excluding hydrogens is 336 g/mol. The fraction of sp³-hybridized carbons (Fsp3) is 0.500. The maximum atomic E-state index is 13.0. The highest BCUT2D eigenvalue weighted by Gasteiger charge is 2.27. The summed E-state index contributed by atoms with van der Waals surface area (Å²) in [6.07, 6.45) is 5.11. The molecule has 2 atom stereocenters. The number of aromatic nitrogens is 2. The van der Waals surface area contributed by atoms with Gasteiger partial charge in [0.1, 0.15) is 5.82 Å². The summed E-state index contributed by atoms with van der Waals surface area (Å²) in [5.41, 5.74) is 4.51. The zero-order chi connectivity index (χ0) is 18.8. The third-order valence-electron chi connectivity index (χ3n) is 5.87. The van der Waals surface area contributed by atoms with Gasteiger partial charge in [-0.3, -0.25) is 4.79 Å². The molecule has 0 aliphatic carbocycles. The summed E-state index contributed by atoms with van der Waals surface area (Å²) in [4.78, 5) is 24.4. The normalized spacial score (nSPS) is 20.8. The topological polar surface area (TPSA) is 58.1 Å². The second kappa shape index (κ2) is 7.77. The third kappa shape index (κ3) is 3.88. The zero-order valence-corrected chi connectivity index (χ0v) is 16.2. The highest BCUT2D eigenvalue weighted by atomic mass is 16.2. The van der Waals surface area contributed by atoms with E-state index >= 15 is 0 Å². The molecule has 0 spiro atoms. The van der Waals surface area contributed by atoms with E-state index in [1.807, 2.05) is 18.0 Å². The molecular formula is C22H28N4O. The van der Waals surface area contributed by atoms with Crippen molar-refractivity contribution in [2.24, 2.45) is 0 Å². The molecule has 4 rings (SSSR count). The van der Waals surface area contributed by atoms with E-state index < -0.39 is 0 Å². The van der Waals surface area contributed by atoms with Crippen LogP contribution in [0.15, 0.2) is 30.5 Å². The second-order valence-corrected chi connectivity index (χ2v) is 7.89. The Kier molecular flexibility index (Phi) is 5.21. The summed E-state index contributed by atoms with van der Waals surface area (Å²) in [6, 6.07) is 8.26. The van der Waals surface area contributed by atoms with Crippen LogP contribution in [0.4, 0.5) is 0 Å². The van der Waals surface area contributed by atoms with Gasteiger partial charge in [0.25, 0.3) is 0 Å². The van der Waals surface area contributed by atoms with E-state index in [1.54, 1.807) is 0 Å². The van der Waals surface area contributed by atoms with Gasteiger partial charge < -0.3 is 10.2 Å². The van der Waals surface area contributed by atoms with Gasteiger partial charge in [0, 0.05) is 43.7 Å². The van der Waals surface area contributed by atoms with Gasteiger partial charge in [0.2, 0.25) is 5.91 Å². The molecule has 142 valence electrons. The Morgan fingerprint density at radius 1 is 1.30 bits per heavy atom. The minimum absolute atomic E-state index is 0.124. The monoisotopic (exact) mass is 364 g/mol. The Morgan fingerprint density at radius 2 is 2.11 bits per heavy atom. The van der Waals surface area contributed by atoms with Crippen LogP contribution in [0.5, 0.6) is 0 Å². The Labute approximate surface area is 161 Å². The van der Waals surface area contributed by atoms with Gasteiger partial charge in [-0.1, -0.05) is 29.8 Å². The molecule has 0 saturated carbocycles. The van der Waals surface area contributed by atoms with Crippen molar-refractivity contribution >= 4 is 5.91 Å². The molecule has 1 saturated heterocycles. The molecule has 5 heteroatoms. The van der Waals surface area contributed by atoms with Gasteiger partial charge in [-0.2, -0.15) is 0 Å². The largest absolute Gasteiger partial charge is 0.337 e. The molecule has 2 aromatic rings. The van der Waals surface area contributed by atoms with Crippen molar-refractivity contribution < 1.29 is 4.79 Å². The number of piperidine rings is 1. The number of aryl methyl sites for hydroxylation is 1. The van der Waals surface area contributed by atoms with E-state index in [0.29, 0.717) is 12.5 Å². The fourth-order valence-corrected chi connectivity index (χ4v) is 4.06. The number of nitrogens with zero attached hydrogens (tertiary/aromatic N) is 3. The van der Waals surface area contributed by atoms with Crippen LogP contribution < -0.4 is 5.32 Å². The summed E-state index contributed by atoms with van der Waals surface area (Å²) < 4.78 is 0. The molecule has 5 nitrogen and oxygen atoms in total. The minimum atomic E-state index is -0.124. The Morgan fingerprint density at radius 3 is 2.85 bits per heavy atom. The number of fused-ring (bicyclic) bond motifs is 1. The third-order valence-corrected chi connectivity index (χ3v) is 5.87. The predicted molar refractivity (Wildman–Crippen MR) is 106 cm³/mol. The number of hydrogen-bond acceptors (Lipinski definition) is 4. The first-order chi connectivity index (χ1) is 13.1. The molecule has 1 amide bonds. The molecule has 1 aromatic heterocycles. The quantitative estimate of drug-likeness (QED) is 0.910. The average molecular weight is 364 g/mol. The lowest BCUT2D eigenvalue weighted by molar-refractivity contribution is -0.133. The zero-order valence-electron chi connectivity index (χ0n) is 16.2. The lowest BCUT2D eigenvalue weighted by Gasteiger charge is -2.31. The van der Waals surface area contributed by atoms with Gasteiger partial charge in [0.05, 0.1) is 11.6 Å². The van der Waals surface area contributed by atoms with Crippen LogP contribution in [0.25, 0.3) is 0 Å². The molecule has 1 N–H and O–H groups in total. The maximum Gasteiger partial charge on any atom is 0.230 e. The summed E-state index contributed by atoms with van der Waals surface area (Å²) in [6.45, 7) is 7.48. The van der Waals surface area contributed by atoms with Crippen molar-refractivity contribution in [2.45, 2.75) is 51.5 Å². The van der Waals surface area contributed by atoms with E-state index in [-0.39, 0.29) is 11.8 Å². The first-order valence-corrected chi connectivity index (χ1v) is 10.0. The van der Waals surface area contributed by atoms with Crippen molar-refractivity contribution in [1.29, 1.82) is 0 Å². The van der Waals surface area contributed by atoms with Crippen LogP contribution in [0.1, 0.15) is 59.8 Å². The Balaban J connectivity index is 1.46. The molecule has 2 aliphatic heterocycles. The van der Waals surface area contributed by atoms with Crippen molar-refractivity contribution in [3.8, 4) is 0 Å². The van der Waals surface area contributed by atoms with Crippen LogP contribution in [-0.2, 0) is 17.8 Å². The SMILES string of the molecule is Cc1ccc(C(C)C(=O)N2CCc3nc(C4CCCNC4)ncc3C2)cc1. The molecule has 0 radical (unpaired) electrons. The number of amides is 1. The highest BCUT2D eigenvalue weighted by molar-refractivity contribution is 5.83. The molecule has 1 aromatic carbocycles. The smallest absolute Gasteiger partial charge is 0.230 e. The van der Waals surface area contributed by atoms with Gasteiger partial charge in [0.15, 0.2) is 0 Å². The fourth-order valence-electron chi connectivity index (χ4n) is 4.06. The Bertz CT molecular complexity index is 812. The van der Waals surface area contributed by atoms with E-state index in [9.17, 15) is 4.79 Å². The Hall–Kier alpha value is -2.27. The summed E-state index contributed by atoms with van der Waals surface area (Å²) in [5.74, 6) is 1.45. The van der Waals surface area contributed by atoms with E-state index in [4.69, 9.17) is 4.98 Å². The number of rotatable bonds is 3. The number of benzene rings is 1. The summed E-state index contributed by atoms with van der Waals surface area (Å²) in [5, 5.41) is 3.43. The van der Waals surface area contributed by atoms with Gasteiger partial charge >= 0.3 is 0 Å². The molecule has 2 unspecified atom stereocenters. The summed E-state index contributed by atoms with van der Waals surface area (Å²) >= 11 is 0. The molecule has 3 heterocycles. The lowest BCUT2D eigenvalue weighted by atomic mass is 9.96. The van der Waals surface area contributed by atoms with Crippen LogP contribution in [0.2, 0.25) is 0 Å². The summed E-state index contributed by atoms with van der Waals surface area (Å²) in [7, 11) is 0. The predicted octanol–water partition coefficient (Wildman–Crippen LogP) is 2.94. The van der Waals surface area contributed by atoms with Crippen LogP contribution >= 0.6 is 0 Å². The average Bonchev–Trinajstić information content (AvgIpc) is 2.73. The second-order valence-electron chi connectivity index (χ2n) is 7.89. The van der Waals surface area contributed by atoms with Crippen LogP contribution in [0, 0.1) is 6.92 Å². The van der Waals surface area contributed by atoms with Gasteiger partial charge in [-0.15, -0.1) is 0 Å². The van der Waals surface area contributed by atoms with Crippen molar-refractivity contribution in [3.05, 3.63) is 58.7 Å². The van der Waals surface area contributed by atoms with Crippen LogP contribution in [-0.4, -0.2) is 40.4 Å². The van der Waals surface area contributed by atoms with Crippen molar-refractivity contribution in [2.75, 3.05) is 19.6 Å². The number of hydrogen-bond donors (Lipinski definition) is 1. The minimum Gasteiger partial charge on any atom is -0.337 e. The molecule has 1 fully saturated rings. The number of carbonyl (C=O) groups is 1. The first-order valence-electron chi connectivity index (χ1n) is 10.0. The number of nitrogens with one attached hydrogen (secondary N) is 1. The van der Waals surface area contributed by atoms with E-state index in [1.165, 1.54) is 12.0 Å². The van der Waals surface area contributed by atoms with Gasteiger partial charge in [-0.05, 0) is 38.8 Å². The van der Waals surface area contributed by atoms with Gasteiger partial charge in [-0.25, -0.2) is 9.97 Å². The first kappa shape index (κ1) is 18.1. The lowest BCUT2D eigenvalue weighted by Crippen LogP contribution is -2.39. The van der Waals surface area contributed by atoms with E-state index in [0.717, 1.165) is 55.1 Å². The maximum absolute atomic E-state index is 13.0. The molecule has 27 heavy (non-hydrogen) atoms. The van der Waals surface area contributed by atoms with Crippen LogP contribution in [0.3, 0.4) is 0 Å². The molecule has 2 aliphatic rings. The van der Waals surface area contributed by atoms with Crippen molar-refractivity contribution in [3.63, 3.8) is 0 Å². The van der Waals surface area contributed by atoms with Crippen molar-refractivity contribution in [1.82, 2.24) is 20.2 Å². The van der Waals surface area contributed by atoms with E-state index in [2.05, 4.69) is 41.5 Å².